The first-order chi connectivity index (χ1) is 17.9. The van der Waals surface area contributed by atoms with Crippen molar-refractivity contribution >= 4 is 15.8 Å². The SMILES string of the molecule is O=C(Cn1cc(S(=O)(=O)N2CCCC2)ccc1=O)c1ccc(-c2ccc(Cc3ccccc3)cc2)cc1. The molecule has 5 rings (SSSR count). The van der Waals surface area contributed by atoms with Gasteiger partial charge in [-0.15, -0.1) is 0 Å². The lowest BCUT2D eigenvalue weighted by atomic mass is 9.99. The molecule has 1 saturated heterocycles. The number of aromatic nitrogens is 1. The Labute approximate surface area is 216 Å². The van der Waals surface area contributed by atoms with E-state index in [1.165, 1.54) is 38.3 Å². The van der Waals surface area contributed by atoms with Gasteiger partial charge in [0.05, 0.1) is 11.4 Å². The molecular formula is C30H28N2O4S. The van der Waals surface area contributed by atoms with Gasteiger partial charge >= 0.3 is 0 Å². The maximum absolute atomic E-state index is 12.9. The Bertz CT molecular complexity index is 1550. The van der Waals surface area contributed by atoms with Crippen molar-refractivity contribution in [1.29, 1.82) is 0 Å². The third kappa shape index (κ3) is 5.63. The van der Waals surface area contributed by atoms with Crippen LogP contribution in [0.1, 0.15) is 34.3 Å². The first-order valence-electron chi connectivity index (χ1n) is 12.4. The molecule has 0 unspecified atom stereocenters. The van der Waals surface area contributed by atoms with Crippen molar-refractivity contribution in [3.63, 3.8) is 0 Å². The quantitative estimate of drug-likeness (QED) is 0.319. The summed E-state index contributed by atoms with van der Waals surface area (Å²) >= 11 is 0. The minimum absolute atomic E-state index is 0.0351. The highest BCUT2D eigenvalue weighted by atomic mass is 32.2. The van der Waals surface area contributed by atoms with E-state index in [-0.39, 0.29) is 17.2 Å². The second kappa shape index (κ2) is 10.7. The molecule has 2 heterocycles. The van der Waals surface area contributed by atoms with Crippen LogP contribution >= 0.6 is 0 Å². The molecule has 0 N–H and O–H groups in total. The molecule has 6 nitrogen and oxygen atoms in total. The van der Waals surface area contributed by atoms with Crippen LogP contribution in [0.2, 0.25) is 0 Å². The number of Topliss-reactive ketones (excluding diaryl/α,β-unsaturated/α-hetero) is 1. The van der Waals surface area contributed by atoms with E-state index in [0.717, 1.165) is 30.4 Å². The number of rotatable bonds is 8. The Hall–Kier alpha value is -3.81. The summed E-state index contributed by atoms with van der Waals surface area (Å²) in [7, 11) is -3.67. The van der Waals surface area contributed by atoms with Gasteiger partial charge in [0.1, 0.15) is 0 Å². The second-order valence-corrected chi connectivity index (χ2v) is 11.2. The van der Waals surface area contributed by atoms with Crippen molar-refractivity contribution in [1.82, 2.24) is 8.87 Å². The number of pyridine rings is 1. The normalized spacial score (nSPS) is 14.1. The molecule has 0 spiro atoms. The lowest BCUT2D eigenvalue weighted by Crippen LogP contribution is -2.30. The fraction of sp³-hybridized carbons (Fsp3) is 0.200. The van der Waals surface area contributed by atoms with Crippen LogP contribution in [0.25, 0.3) is 11.1 Å². The zero-order valence-electron chi connectivity index (χ0n) is 20.4. The van der Waals surface area contributed by atoms with Crippen LogP contribution in [0.4, 0.5) is 0 Å². The van der Waals surface area contributed by atoms with Crippen LogP contribution < -0.4 is 5.56 Å². The minimum atomic E-state index is -3.67. The summed E-state index contributed by atoms with van der Waals surface area (Å²) in [6.07, 6.45) is 3.80. The summed E-state index contributed by atoms with van der Waals surface area (Å²) in [5.74, 6) is -0.262. The predicted molar refractivity (Wildman–Crippen MR) is 144 cm³/mol. The van der Waals surface area contributed by atoms with Gasteiger partial charge in [0.15, 0.2) is 5.78 Å². The van der Waals surface area contributed by atoms with Crippen molar-refractivity contribution in [2.24, 2.45) is 0 Å². The molecule has 188 valence electrons. The Morgan fingerprint density at radius 3 is 1.97 bits per heavy atom. The first-order valence-corrected chi connectivity index (χ1v) is 13.8. The third-order valence-electron chi connectivity index (χ3n) is 6.72. The number of nitrogens with zero attached hydrogens (tertiary/aromatic N) is 2. The molecule has 7 heteroatoms. The molecule has 0 amide bonds. The Morgan fingerprint density at radius 2 is 1.32 bits per heavy atom. The minimum Gasteiger partial charge on any atom is -0.306 e. The molecule has 0 atom stereocenters. The molecule has 1 fully saturated rings. The average Bonchev–Trinajstić information content (AvgIpc) is 3.47. The predicted octanol–water partition coefficient (Wildman–Crippen LogP) is 4.77. The first kappa shape index (κ1) is 24.9. The van der Waals surface area contributed by atoms with E-state index in [1.807, 2.05) is 30.3 Å². The Balaban J connectivity index is 1.28. The van der Waals surface area contributed by atoms with Crippen molar-refractivity contribution in [2.45, 2.75) is 30.7 Å². The van der Waals surface area contributed by atoms with E-state index >= 15 is 0 Å². The number of carbonyl (C=O) groups excluding carboxylic acids is 1. The number of ketones is 1. The van der Waals surface area contributed by atoms with E-state index < -0.39 is 15.6 Å². The van der Waals surface area contributed by atoms with Gasteiger partial charge in [0.25, 0.3) is 5.56 Å². The van der Waals surface area contributed by atoms with Gasteiger partial charge in [0.2, 0.25) is 10.0 Å². The standard InChI is InChI=1S/C30H28N2O4S/c33-29(22-31-21-28(16-17-30(31)34)37(35,36)32-18-4-5-19-32)27-14-12-26(13-15-27)25-10-8-24(9-11-25)20-23-6-2-1-3-7-23/h1-3,6-17,21H,4-5,18-20,22H2. The lowest BCUT2D eigenvalue weighted by molar-refractivity contribution is 0.0970. The summed E-state index contributed by atoms with van der Waals surface area (Å²) in [6.45, 7) is 0.723. The second-order valence-electron chi connectivity index (χ2n) is 9.30. The van der Waals surface area contributed by atoms with E-state index in [4.69, 9.17) is 0 Å². The van der Waals surface area contributed by atoms with Crippen LogP contribution in [0.5, 0.6) is 0 Å². The number of sulfonamides is 1. The summed E-state index contributed by atoms with van der Waals surface area (Å²) in [5.41, 5.74) is 4.56. The molecule has 4 aromatic rings. The fourth-order valence-electron chi connectivity index (χ4n) is 4.60. The number of benzene rings is 3. The maximum Gasteiger partial charge on any atom is 0.251 e. The molecule has 3 aromatic carbocycles. The van der Waals surface area contributed by atoms with Gasteiger partial charge in [-0.25, -0.2) is 8.42 Å². The zero-order valence-corrected chi connectivity index (χ0v) is 21.2. The largest absolute Gasteiger partial charge is 0.306 e. The summed E-state index contributed by atoms with van der Waals surface area (Å²) in [4.78, 5) is 25.3. The molecule has 1 aliphatic heterocycles. The molecule has 0 aliphatic carbocycles. The number of hydrogen-bond acceptors (Lipinski definition) is 4. The summed E-state index contributed by atoms with van der Waals surface area (Å²) < 4.78 is 28.3. The Kier molecular flexibility index (Phi) is 7.17. The van der Waals surface area contributed by atoms with Crippen molar-refractivity contribution < 1.29 is 13.2 Å². The lowest BCUT2D eigenvalue weighted by Gasteiger charge is -2.16. The van der Waals surface area contributed by atoms with E-state index in [2.05, 4.69) is 36.4 Å². The highest BCUT2D eigenvalue weighted by Crippen LogP contribution is 2.23. The van der Waals surface area contributed by atoms with Crippen molar-refractivity contribution in [3.8, 4) is 11.1 Å². The maximum atomic E-state index is 12.9. The number of hydrogen-bond donors (Lipinski definition) is 0. The van der Waals surface area contributed by atoms with E-state index in [9.17, 15) is 18.0 Å². The molecule has 37 heavy (non-hydrogen) atoms. The molecule has 1 aromatic heterocycles. The topological polar surface area (TPSA) is 76.5 Å². The molecule has 1 aliphatic rings. The molecule has 0 saturated carbocycles. The molecular weight excluding hydrogens is 484 g/mol. The average molecular weight is 513 g/mol. The summed E-state index contributed by atoms with van der Waals surface area (Å²) in [6, 6.07) is 28.4. The van der Waals surface area contributed by atoms with Gasteiger partial charge in [-0.1, -0.05) is 78.9 Å². The van der Waals surface area contributed by atoms with Crippen molar-refractivity contribution in [3.05, 3.63) is 124 Å². The van der Waals surface area contributed by atoms with Gasteiger partial charge < -0.3 is 4.57 Å². The molecule has 0 bridgehead atoms. The van der Waals surface area contributed by atoms with Gasteiger partial charge in [-0.3, -0.25) is 9.59 Å². The summed E-state index contributed by atoms with van der Waals surface area (Å²) in [5, 5.41) is 0. The van der Waals surface area contributed by atoms with Gasteiger partial charge in [0, 0.05) is 30.9 Å². The smallest absolute Gasteiger partial charge is 0.251 e. The monoisotopic (exact) mass is 512 g/mol. The van der Waals surface area contributed by atoms with Crippen molar-refractivity contribution in [2.75, 3.05) is 13.1 Å². The number of carbonyl (C=O) groups is 1. The van der Waals surface area contributed by atoms with Gasteiger partial charge in [-0.2, -0.15) is 4.31 Å². The van der Waals surface area contributed by atoms with Crippen LogP contribution in [0, 0.1) is 0 Å². The zero-order chi connectivity index (χ0) is 25.8. The van der Waals surface area contributed by atoms with E-state index in [0.29, 0.717) is 18.7 Å². The highest BCUT2D eigenvalue weighted by molar-refractivity contribution is 7.89. The van der Waals surface area contributed by atoms with Gasteiger partial charge in [-0.05, 0) is 47.6 Å². The third-order valence-corrected chi connectivity index (χ3v) is 8.60. The van der Waals surface area contributed by atoms with Crippen LogP contribution in [0.15, 0.2) is 107 Å². The highest BCUT2D eigenvalue weighted by Gasteiger charge is 2.27. The molecule has 0 radical (unpaired) electrons. The fourth-order valence-corrected chi connectivity index (χ4v) is 6.14. The van der Waals surface area contributed by atoms with Crippen LogP contribution in [0.3, 0.4) is 0 Å². The van der Waals surface area contributed by atoms with E-state index in [1.54, 1.807) is 12.1 Å². The van der Waals surface area contributed by atoms with Crippen LogP contribution in [-0.4, -0.2) is 36.2 Å². The Morgan fingerprint density at radius 1 is 0.730 bits per heavy atom. The van der Waals surface area contributed by atoms with Crippen LogP contribution in [-0.2, 0) is 23.0 Å².